The van der Waals surface area contributed by atoms with Crippen molar-refractivity contribution in [3.63, 3.8) is 0 Å². The molecule has 2 heterocycles. The van der Waals surface area contributed by atoms with Gasteiger partial charge >= 0.3 is 11.7 Å². The molecule has 0 radical (unpaired) electrons. The Bertz CT molecular complexity index is 597. The van der Waals surface area contributed by atoms with E-state index >= 15 is 0 Å². The average Bonchev–Trinajstić information content (AvgIpc) is 3.10. The fourth-order valence-electron chi connectivity index (χ4n) is 3.03. The largest absolute Gasteiger partial charge is 0.463 e. The van der Waals surface area contributed by atoms with E-state index in [0.29, 0.717) is 6.42 Å². The van der Waals surface area contributed by atoms with E-state index in [0.717, 1.165) is 32.1 Å². The standard InChI is InChI=1S/C17H27N3O4.C2H6/c1-3-5-12(6-4-2)16(21)23-11-13-7-8-15(24-13)20-10-9-14(18)19-17(20)22;1-2/h9-10,12-13,15H,3-8,11H2,1-2H3,(H2,18,19,22);1-2H3. The van der Waals surface area contributed by atoms with Crippen LogP contribution in [0, 0.1) is 5.92 Å². The molecule has 26 heavy (non-hydrogen) atoms. The highest BCUT2D eigenvalue weighted by Gasteiger charge is 2.29. The van der Waals surface area contributed by atoms with Crippen molar-refractivity contribution >= 4 is 11.8 Å². The van der Waals surface area contributed by atoms with E-state index < -0.39 is 5.69 Å². The first-order chi connectivity index (χ1) is 12.5. The fourth-order valence-corrected chi connectivity index (χ4v) is 3.03. The zero-order valence-corrected chi connectivity index (χ0v) is 16.4. The monoisotopic (exact) mass is 367 g/mol. The molecule has 7 heteroatoms. The average molecular weight is 367 g/mol. The number of anilines is 1. The predicted octanol–water partition coefficient (Wildman–Crippen LogP) is 3.29. The van der Waals surface area contributed by atoms with Gasteiger partial charge in [0.1, 0.15) is 18.7 Å². The molecule has 0 aliphatic carbocycles. The molecule has 0 aromatic carbocycles. The van der Waals surface area contributed by atoms with Crippen molar-refractivity contribution in [2.24, 2.45) is 5.92 Å². The van der Waals surface area contributed by atoms with E-state index in [1.54, 1.807) is 12.3 Å². The van der Waals surface area contributed by atoms with Gasteiger partial charge in [0, 0.05) is 6.20 Å². The van der Waals surface area contributed by atoms with Crippen LogP contribution >= 0.6 is 0 Å². The van der Waals surface area contributed by atoms with Gasteiger partial charge in [-0.1, -0.05) is 40.5 Å². The first kappa shape index (κ1) is 22.2. The molecular weight excluding hydrogens is 334 g/mol. The van der Waals surface area contributed by atoms with Crippen LogP contribution in [0.25, 0.3) is 0 Å². The van der Waals surface area contributed by atoms with Gasteiger partial charge in [0.2, 0.25) is 0 Å². The minimum absolute atomic E-state index is 0.0267. The van der Waals surface area contributed by atoms with Crippen molar-refractivity contribution in [2.45, 2.75) is 78.6 Å². The van der Waals surface area contributed by atoms with Crippen molar-refractivity contribution in [3.05, 3.63) is 22.7 Å². The van der Waals surface area contributed by atoms with Crippen molar-refractivity contribution in [2.75, 3.05) is 12.3 Å². The number of esters is 1. The lowest BCUT2D eigenvalue weighted by Crippen LogP contribution is -2.28. The second-order valence-electron chi connectivity index (χ2n) is 6.24. The number of ether oxygens (including phenoxy) is 2. The number of aromatic nitrogens is 2. The normalized spacial score (nSPS) is 19.1. The summed E-state index contributed by atoms with van der Waals surface area (Å²) < 4.78 is 12.7. The maximum absolute atomic E-state index is 12.2. The Morgan fingerprint density at radius 2 is 2.00 bits per heavy atom. The molecule has 0 saturated carbocycles. The summed E-state index contributed by atoms with van der Waals surface area (Å²) in [6, 6.07) is 1.57. The quantitative estimate of drug-likeness (QED) is 0.708. The van der Waals surface area contributed by atoms with Gasteiger partial charge in [0.15, 0.2) is 0 Å². The lowest BCUT2D eigenvalue weighted by Gasteiger charge is -2.18. The lowest BCUT2D eigenvalue weighted by atomic mass is 9.99. The summed E-state index contributed by atoms with van der Waals surface area (Å²) in [5.74, 6) is 0.0239. The van der Waals surface area contributed by atoms with Gasteiger partial charge < -0.3 is 15.2 Å². The summed E-state index contributed by atoms with van der Waals surface area (Å²) >= 11 is 0. The Hall–Kier alpha value is -1.89. The molecule has 1 fully saturated rings. The van der Waals surface area contributed by atoms with Gasteiger partial charge in [-0.3, -0.25) is 9.36 Å². The molecule has 2 atom stereocenters. The molecule has 2 unspecified atom stereocenters. The van der Waals surface area contributed by atoms with Crippen LogP contribution in [0.3, 0.4) is 0 Å². The third kappa shape index (κ3) is 6.44. The van der Waals surface area contributed by atoms with Crippen molar-refractivity contribution < 1.29 is 14.3 Å². The third-order valence-corrected chi connectivity index (χ3v) is 4.27. The van der Waals surface area contributed by atoms with Crippen LogP contribution < -0.4 is 11.4 Å². The number of hydrogen-bond donors (Lipinski definition) is 1. The number of hydrogen-bond acceptors (Lipinski definition) is 6. The summed E-state index contributed by atoms with van der Waals surface area (Å²) in [5, 5.41) is 0. The Balaban J connectivity index is 0.00000163. The van der Waals surface area contributed by atoms with Crippen molar-refractivity contribution in [3.8, 4) is 0 Å². The van der Waals surface area contributed by atoms with Crippen molar-refractivity contribution in [1.82, 2.24) is 9.55 Å². The number of nitrogens with zero attached hydrogens (tertiary/aromatic N) is 2. The highest BCUT2D eigenvalue weighted by molar-refractivity contribution is 5.72. The highest BCUT2D eigenvalue weighted by atomic mass is 16.6. The maximum Gasteiger partial charge on any atom is 0.351 e. The molecule has 2 rings (SSSR count). The zero-order valence-electron chi connectivity index (χ0n) is 16.4. The summed E-state index contributed by atoms with van der Waals surface area (Å²) in [7, 11) is 0. The molecular formula is C19H33N3O4. The predicted molar refractivity (Wildman–Crippen MR) is 102 cm³/mol. The zero-order chi connectivity index (χ0) is 19.5. The minimum Gasteiger partial charge on any atom is -0.463 e. The number of carbonyl (C=O) groups is 1. The fraction of sp³-hybridized carbons (Fsp3) is 0.737. The van der Waals surface area contributed by atoms with E-state index in [2.05, 4.69) is 18.8 Å². The first-order valence-corrected chi connectivity index (χ1v) is 9.71. The van der Waals surface area contributed by atoms with Crippen LogP contribution in [0.15, 0.2) is 17.1 Å². The molecule has 1 aromatic rings. The maximum atomic E-state index is 12.2. The summed E-state index contributed by atoms with van der Waals surface area (Å²) in [6.07, 6.45) is 6.08. The molecule has 7 nitrogen and oxygen atoms in total. The molecule has 0 spiro atoms. The Morgan fingerprint density at radius 3 is 2.58 bits per heavy atom. The van der Waals surface area contributed by atoms with E-state index in [-0.39, 0.29) is 36.6 Å². The Kier molecular flexibility index (Phi) is 9.95. The van der Waals surface area contributed by atoms with Crippen LogP contribution in [-0.4, -0.2) is 28.2 Å². The smallest absolute Gasteiger partial charge is 0.351 e. The topological polar surface area (TPSA) is 96.4 Å². The Morgan fingerprint density at radius 1 is 1.35 bits per heavy atom. The molecule has 1 aliphatic rings. The van der Waals surface area contributed by atoms with Crippen LogP contribution in [0.4, 0.5) is 5.82 Å². The van der Waals surface area contributed by atoms with E-state index in [4.69, 9.17) is 15.2 Å². The second-order valence-corrected chi connectivity index (χ2v) is 6.24. The van der Waals surface area contributed by atoms with Gasteiger partial charge in [-0.15, -0.1) is 0 Å². The van der Waals surface area contributed by atoms with Crippen LogP contribution in [0.2, 0.25) is 0 Å². The van der Waals surface area contributed by atoms with E-state index in [9.17, 15) is 9.59 Å². The molecule has 1 aromatic heterocycles. The summed E-state index contributed by atoms with van der Waals surface area (Å²) in [5.41, 5.74) is 5.06. The summed E-state index contributed by atoms with van der Waals surface area (Å²) in [4.78, 5) is 27.7. The van der Waals surface area contributed by atoms with E-state index in [1.807, 2.05) is 13.8 Å². The first-order valence-electron chi connectivity index (χ1n) is 9.71. The summed E-state index contributed by atoms with van der Waals surface area (Å²) in [6.45, 7) is 8.37. The van der Waals surface area contributed by atoms with Gasteiger partial charge in [-0.05, 0) is 31.7 Å². The van der Waals surface area contributed by atoms with Gasteiger partial charge in [0.05, 0.1) is 12.0 Å². The molecule has 1 aliphatic heterocycles. The third-order valence-electron chi connectivity index (χ3n) is 4.27. The van der Waals surface area contributed by atoms with Crippen LogP contribution in [-0.2, 0) is 14.3 Å². The molecule has 2 N–H and O–H groups in total. The number of nitrogens with two attached hydrogens (primary N) is 1. The number of carbonyl (C=O) groups excluding carboxylic acids is 1. The number of rotatable bonds is 8. The number of nitrogen functional groups attached to an aromatic ring is 1. The van der Waals surface area contributed by atoms with Crippen LogP contribution in [0.1, 0.15) is 72.4 Å². The lowest BCUT2D eigenvalue weighted by molar-refractivity contribution is -0.153. The molecule has 0 amide bonds. The SMILES string of the molecule is CC.CCCC(CCC)C(=O)OCC1CCC(n2ccc(N)nc2=O)O1. The molecule has 0 bridgehead atoms. The molecule has 148 valence electrons. The minimum atomic E-state index is -0.427. The second kappa shape index (κ2) is 11.7. The van der Waals surface area contributed by atoms with Gasteiger partial charge in [0.25, 0.3) is 0 Å². The van der Waals surface area contributed by atoms with Gasteiger partial charge in [-0.2, -0.15) is 4.98 Å². The molecule has 1 saturated heterocycles. The van der Waals surface area contributed by atoms with Crippen molar-refractivity contribution in [1.29, 1.82) is 0 Å². The Labute approximate surface area is 155 Å². The van der Waals surface area contributed by atoms with E-state index in [1.165, 1.54) is 4.57 Å². The highest BCUT2D eigenvalue weighted by Crippen LogP contribution is 2.27. The van der Waals surface area contributed by atoms with Crippen LogP contribution in [0.5, 0.6) is 0 Å². The van der Waals surface area contributed by atoms with Gasteiger partial charge in [-0.25, -0.2) is 4.79 Å².